The van der Waals surface area contributed by atoms with Gasteiger partial charge in [0.1, 0.15) is 18.2 Å². The Labute approximate surface area is 255 Å². The number of hydrogen-bond acceptors (Lipinski definition) is 6. The highest BCUT2D eigenvalue weighted by Crippen LogP contribution is 2.28. The van der Waals surface area contributed by atoms with Gasteiger partial charge in [-0.1, -0.05) is 62.4 Å². The van der Waals surface area contributed by atoms with Crippen molar-refractivity contribution in [2.24, 2.45) is 11.8 Å². The minimum Gasteiger partial charge on any atom is -0.388 e. The van der Waals surface area contributed by atoms with Gasteiger partial charge in [-0.2, -0.15) is 0 Å². The van der Waals surface area contributed by atoms with E-state index < -0.39 is 42.0 Å². The third kappa shape index (κ3) is 12.9. The Bertz CT molecular complexity index is 1070. The fraction of sp³-hybridized carbons (Fsp3) is 0.606. The summed E-state index contributed by atoms with van der Waals surface area (Å²) in [6.45, 7) is 1.17. The van der Waals surface area contributed by atoms with Crippen molar-refractivity contribution in [3.8, 4) is 12.3 Å². The molecule has 4 N–H and O–H groups in total. The van der Waals surface area contributed by atoms with E-state index in [9.17, 15) is 29.0 Å². The minimum absolute atomic E-state index is 0.0557. The number of likely N-dealkylation sites (N-methyl/N-ethyl adjacent to an activating group) is 2. The van der Waals surface area contributed by atoms with E-state index in [-0.39, 0.29) is 37.4 Å². The van der Waals surface area contributed by atoms with Crippen molar-refractivity contribution in [1.29, 1.82) is 0 Å². The minimum atomic E-state index is -1.52. The second kappa shape index (κ2) is 19.1. The Kier molecular flexibility index (Phi) is 16.0. The number of carbonyl (C=O) groups is 3. The van der Waals surface area contributed by atoms with Gasteiger partial charge in [0.25, 0.3) is 0 Å². The zero-order valence-electron chi connectivity index (χ0n) is 25.8. The van der Waals surface area contributed by atoms with Crippen molar-refractivity contribution in [2.45, 2.75) is 82.1 Å². The Morgan fingerprint density at radius 3 is 2.33 bits per heavy atom. The van der Waals surface area contributed by atoms with E-state index in [0.717, 1.165) is 43.7 Å². The maximum absolute atomic E-state index is 13.6. The van der Waals surface area contributed by atoms with Crippen LogP contribution in [-0.4, -0.2) is 96.3 Å². The lowest BCUT2D eigenvalue weighted by Crippen LogP contribution is -2.55. The average Bonchev–Trinajstić information content (AvgIpc) is 2.99. The van der Waals surface area contributed by atoms with Crippen LogP contribution < -0.4 is 10.6 Å². The van der Waals surface area contributed by atoms with Crippen LogP contribution in [0.15, 0.2) is 42.7 Å². The highest BCUT2D eigenvalue weighted by molar-refractivity contribution is 5.91. The molecule has 0 radical (unpaired) electrons. The number of aliphatic hydroxyl groups excluding tert-OH is 2. The number of nitrogens with zero attached hydrogens (tertiary/aromatic N) is 2. The first-order valence-corrected chi connectivity index (χ1v) is 15.2. The Hall–Kier alpha value is -3.26. The van der Waals surface area contributed by atoms with E-state index in [2.05, 4.69) is 16.6 Å². The smallest absolute Gasteiger partial charge is 0.243 e. The third-order valence-electron chi connectivity index (χ3n) is 8.05. The van der Waals surface area contributed by atoms with Gasteiger partial charge in [-0.3, -0.25) is 14.4 Å². The van der Waals surface area contributed by atoms with E-state index in [0.29, 0.717) is 19.5 Å². The molecule has 1 aliphatic carbocycles. The molecule has 0 saturated heterocycles. The number of hydrogen-bond donors (Lipinski definition) is 4. The largest absolute Gasteiger partial charge is 0.388 e. The molecule has 0 spiro atoms. The maximum Gasteiger partial charge on any atom is 0.243 e. The zero-order chi connectivity index (χ0) is 31.8. The molecule has 2 rings (SSSR count). The molecule has 1 saturated carbocycles. The third-order valence-corrected chi connectivity index (χ3v) is 8.05. The Balaban J connectivity index is 2.21. The molecule has 9 nitrogen and oxygen atoms in total. The second-order valence-electron chi connectivity index (χ2n) is 11.8. The molecule has 1 aromatic rings. The monoisotopic (exact) mass is 600 g/mol. The first-order valence-electron chi connectivity index (χ1n) is 15.2. The molecule has 0 heterocycles. The lowest BCUT2D eigenvalue weighted by atomic mass is 9.83. The highest BCUT2D eigenvalue weighted by Gasteiger charge is 2.33. The molecule has 5 atom stereocenters. The van der Waals surface area contributed by atoms with Crippen LogP contribution >= 0.6 is 0 Å². The average molecular weight is 601 g/mol. The molecule has 10 heteroatoms. The summed E-state index contributed by atoms with van der Waals surface area (Å²) in [6.07, 6.45) is 9.12. The van der Waals surface area contributed by atoms with Crippen LogP contribution in [0.5, 0.6) is 0 Å². The second-order valence-corrected chi connectivity index (χ2v) is 11.8. The van der Waals surface area contributed by atoms with E-state index in [4.69, 9.17) is 6.42 Å². The van der Waals surface area contributed by atoms with Gasteiger partial charge < -0.3 is 30.6 Å². The maximum atomic E-state index is 13.6. The lowest BCUT2D eigenvalue weighted by Gasteiger charge is -2.32. The number of rotatable bonds is 17. The first kappa shape index (κ1) is 35.9. The summed E-state index contributed by atoms with van der Waals surface area (Å²) in [6, 6.07) is 7.31. The van der Waals surface area contributed by atoms with Gasteiger partial charge in [-0.15, -0.1) is 12.3 Å². The summed E-state index contributed by atoms with van der Waals surface area (Å²) < 4.78 is 12.8. The molecule has 1 fully saturated rings. The summed E-state index contributed by atoms with van der Waals surface area (Å²) in [5.74, 6) is 0.596. The highest BCUT2D eigenvalue weighted by atomic mass is 19.1. The number of amides is 3. The molecule has 3 amide bonds. The summed E-state index contributed by atoms with van der Waals surface area (Å²) in [4.78, 5) is 43.7. The topological polar surface area (TPSA) is 122 Å². The van der Waals surface area contributed by atoms with Crippen LogP contribution in [0.25, 0.3) is 0 Å². The van der Waals surface area contributed by atoms with Crippen molar-refractivity contribution >= 4 is 17.7 Å². The molecule has 43 heavy (non-hydrogen) atoms. The van der Waals surface area contributed by atoms with Crippen molar-refractivity contribution in [2.75, 3.05) is 34.2 Å². The van der Waals surface area contributed by atoms with E-state index in [1.807, 2.05) is 49.3 Å². The molecule has 1 aliphatic rings. The summed E-state index contributed by atoms with van der Waals surface area (Å²) in [5.41, 5.74) is 0.870. The number of terminal acetylenes is 1. The van der Waals surface area contributed by atoms with Gasteiger partial charge >= 0.3 is 0 Å². The molecule has 238 valence electrons. The molecule has 0 aliphatic heterocycles. The number of nitrogens with one attached hydrogen (secondary N) is 2. The standard InChI is InChI=1S/C33H49FN4O5/c1-5-12-27(33(43)36-28(31(41)29(39)17-18-34)22-25-15-10-7-11-16-25)35-32(42)26(21-24-13-8-6-9-14-24)23-30(40)38(4)20-19-37(2)3/h1,6,8-9,13-14,17-18,25-29,31,39,41H,7,10-12,15-16,19-23H2,2-4H3,(H,35,42)(H,36,43)/b18-17-/t26-,27+,28+,29+,31-/m1/s1. The van der Waals surface area contributed by atoms with E-state index in [1.165, 1.54) is 0 Å². The Morgan fingerprint density at radius 2 is 1.72 bits per heavy atom. The SMILES string of the molecule is C#CC[C@H](NC(=O)[C@@H](CC(=O)N(C)CCN(C)C)Cc1ccccc1)C(=O)N[C@@H](CC1CCCCC1)[C@@H](O)[C@@H](O)/C=C\F. The predicted molar refractivity (Wildman–Crippen MR) is 165 cm³/mol. The van der Waals surface area contributed by atoms with Crippen molar-refractivity contribution in [3.63, 3.8) is 0 Å². The summed E-state index contributed by atoms with van der Waals surface area (Å²) >= 11 is 0. The molecule has 0 bridgehead atoms. The molecule has 0 aromatic heterocycles. The van der Waals surface area contributed by atoms with E-state index in [1.54, 1.807) is 11.9 Å². The quantitative estimate of drug-likeness (QED) is 0.204. The molecular weight excluding hydrogens is 551 g/mol. The van der Waals surface area contributed by atoms with Gasteiger partial charge in [-0.25, -0.2) is 4.39 Å². The summed E-state index contributed by atoms with van der Waals surface area (Å²) in [5, 5.41) is 26.6. The lowest BCUT2D eigenvalue weighted by molar-refractivity contribution is -0.136. The number of halogens is 1. The number of aliphatic hydroxyl groups is 2. The van der Waals surface area contributed by atoms with Crippen molar-refractivity contribution < 1.29 is 29.0 Å². The van der Waals surface area contributed by atoms with Crippen LogP contribution in [0.3, 0.4) is 0 Å². The predicted octanol–water partition coefficient (Wildman–Crippen LogP) is 2.42. The van der Waals surface area contributed by atoms with E-state index >= 15 is 0 Å². The molecule has 0 unspecified atom stereocenters. The number of carbonyl (C=O) groups excluding carboxylic acids is 3. The van der Waals surface area contributed by atoms with Crippen LogP contribution in [0, 0.1) is 24.2 Å². The fourth-order valence-corrected chi connectivity index (χ4v) is 5.39. The fourth-order valence-electron chi connectivity index (χ4n) is 5.39. The van der Waals surface area contributed by atoms with Gasteiger partial charge in [-0.05, 0) is 44.5 Å². The Morgan fingerprint density at radius 1 is 1.05 bits per heavy atom. The van der Waals surface area contributed by atoms with Gasteiger partial charge in [0.05, 0.1) is 18.3 Å². The van der Waals surface area contributed by atoms with Crippen molar-refractivity contribution in [3.05, 3.63) is 48.3 Å². The molecule has 1 aromatic carbocycles. The van der Waals surface area contributed by atoms with Crippen LogP contribution in [0.2, 0.25) is 0 Å². The summed E-state index contributed by atoms with van der Waals surface area (Å²) in [7, 11) is 5.53. The van der Waals surface area contributed by atoms with Gasteiger partial charge in [0.2, 0.25) is 17.7 Å². The molecular formula is C33H49FN4O5. The number of benzene rings is 1. The first-order chi connectivity index (χ1) is 20.5. The van der Waals surface area contributed by atoms with Crippen LogP contribution in [0.1, 0.15) is 56.9 Å². The van der Waals surface area contributed by atoms with Gasteiger partial charge in [0.15, 0.2) is 0 Å². The zero-order valence-corrected chi connectivity index (χ0v) is 25.8. The normalized spacial score (nSPS) is 17.4. The van der Waals surface area contributed by atoms with Gasteiger partial charge in [0, 0.05) is 33.0 Å². The van der Waals surface area contributed by atoms with Crippen molar-refractivity contribution in [1.82, 2.24) is 20.4 Å². The van der Waals surface area contributed by atoms with Crippen LogP contribution in [-0.2, 0) is 20.8 Å². The van der Waals surface area contributed by atoms with Crippen LogP contribution in [0.4, 0.5) is 4.39 Å².